The Balaban J connectivity index is 1.44. The molecule has 0 radical (unpaired) electrons. The average molecular weight is 502 g/mol. The van der Waals surface area contributed by atoms with Crippen molar-refractivity contribution in [2.45, 2.75) is 23.9 Å². The second-order valence-electron chi connectivity index (χ2n) is 8.29. The predicted octanol–water partition coefficient (Wildman–Crippen LogP) is 2.90. The van der Waals surface area contributed by atoms with Crippen molar-refractivity contribution in [3.8, 4) is 0 Å². The molecule has 2 aromatic carbocycles. The number of nitrogens with one attached hydrogen (secondary N) is 2. The molecule has 0 aliphatic rings. The highest BCUT2D eigenvalue weighted by Crippen LogP contribution is 2.20. The maximum Gasteiger partial charge on any atom is 0.240 e. The van der Waals surface area contributed by atoms with Crippen LogP contribution in [0.5, 0.6) is 0 Å². The number of benzene rings is 2. The van der Waals surface area contributed by atoms with Crippen LogP contribution in [0.2, 0.25) is 0 Å². The molecule has 0 saturated carbocycles. The van der Waals surface area contributed by atoms with Crippen LogP contribution in [-0.2, 0) is 27.3 Å². The Bertz CT molecular complexity index is 1330. The van der Waals surface area contributed by atoms with Crippen LogP contribution in [0.15, 0.2) is 90.2 Å². The van der Waals surface area contributed by atoms with Gasteiger partial charge in [-0.25, -0.2) is 0 Å². The third-order valence-corrected chi connectivity index (χ3v) is 6.69. The van der Waals surface area contributed by atoms with Crippen LogP contribution in [0.25, 0.3) is 10.9 Å². The van der Waals surface area contributed by atoms with E-state index in [2.05, 4.69) is 15.3 Å². The van der Waals surface area contributed by atoms with Crippen molar-refractivity contribution in [1.82, 2.24) is 20.2 Å². The summed E-state index contributed by atoms with van der Waals surface area (Å²) in [5, 5.41) is 3.69. The van der Waals surface area contributed by atoms with E-state index >= 15 is 0 Å². The Labute approximate surface area is 213 Å². The second kappa shape index (κ2) is 12.0. The lowest BCUT2D eigenvalue weighted by Crippen LogP contribution is -2.50. The van der Waals surface area contributed by atoms with Gasteiger partial charge in [0, 0.05) is 47.4 Å². The minimum atomic E-state index is -0.906. The van der Waals surface area contributed by atoms with Crippen molar-refractivity contribution >= 4 is 40.4 Å². The highest BCUT2D eigenvalue weighted by Gasteiger charge is 2.23. The van der Waals surface area contributed by atoms with Gasteiger partial charge in [-0.05, 0) is 29.3 Å². The highest BCUT2D eigenvalue weighted by atomic mass is 32.2. The molecule has 4 N–H and O–H groups in total. The molecule has 1 atom stereocenters. The van der Waals surface area contributed by atoms with E-state index < -0.39 is 17.9 Å². The van der Waals surface area contributed by atoms with Crippen LogP contribution in [0.4, 0.5) is 0 Å². The van der Waals surface area contributed by atoms with Gasteiger partial charge in [-0.1, -0.05) is 48.5 Å². The Kier molecular flexibility index (Phi) is 8.36. The van der Waals surface area contributed by atoms with E-state index in [9.17, 15) is 14.4 Å². The first-order chi connectivity index (χ1) is 17.5. The van der Waals surface area contributed by atoms with Gasteiger partial charge in [-0.2, -0.15) is 0 Å². The zero-order valence-electron chi connectivity index (χ0n) is 19.6. The maximum absolute atomic E-state index is 13.1. The molecule has 2 heterocycles. The van der Waals surface area contributed by atoms with Crippen molar-refractivity contribution in [3.05, 3.63) is 96.4 Å². The van der Waals surface area contributed by atoms with Crippen molar-refractivity contribution in [3.63, 3.8) is 0 Å². The van der Waals surface area contributed by atoms with E-state index in [1.807, 2.05) is 72.9 Å². The number of rotatable bonds is 11. The summed E-state index contributed by atoms with van der Waals surface area (Å²) >= 11 is 1.38. The summed E-state index contributed by atoms with van der Waals surface area (Å²) in [6.45, 7) is 0.0793. The largest absolute Gasteiger partial charge is 0.368 e. The SMILES string of the molecule is NC(=O)C(Cc1c[nH]c2ccccc12)NC(=O)CN(Cc1ccccc1)C(=O)CSc1ccncc1. The quantitative estimate of drug-likeness (QED) is 0.273. The third-order valence-electron chi connectivity index (χ3n) is 5.69. The zero-order chi connectivity index (χ0) is 25.3. The van der Waals surface area contributed by atoms with Gasteiger partial charge in [0.25, 0.3) is 0 Å². The summed E-state index contributed by atoms with van der Waals surface area (Å²) in [6, 6.07) is 19.9. The summed E-state index contributed by atoms with van der Waals surface area (Å²) in [7, 11) is 0. The Hall–Kier alpha value is -4.11. The normalized spacial score (nSPS) is 11.7. The summed E-state index contributed by atoms with van der Waals surface area (Å²) in [4.78, 5) is 47.8. The van der Waals surface area contributed by atoms with Gasteiger partial charge < -0.3 is 20.9 Å². The van der Waals surface area contributed by atoms with Crippen molar-refractivity contribution < 1.29 is 14.4 Å². The van der Waals surface area contributed by atoms with Gasteiger partial charge in [0.2, 0.25) is 17.7 Å². The summed E-state index contributed by atoms with van der Waals surface area (Å²) < 4.78 is 0. The highest BCUT2D eigenvalue weighted by molar-refractivity contribution is 8.00. The Morgan fingerprint density at radius 1 is 1.00 bits per heavy atom. The smallest absolute Gasteiger partial charge is 0.240 e. The van der Waals surface area contributed by atoms with E-state index in [1.165, 1.54) is 16.7 Å². The van der Waals surface area contributed by atoms with E-state index in [1.54, 1.807) is 12.4 Å². The van der Waals surface area contributed by atoms with Crippen LogP contribution < -0.4 is 11.1 Å². The number of nitrogens with zero attached hydrogens (tertiary/aromatic N) is 2. The number of pyridine rings is 1. The number of H-pyrrole nitrogens is 1. The number of fused-ring (bicyclic) bond motifs is 1. The number of carbonyl (C=O) groups excluding carboxylic acids is 3. The van der Waals surface area contributed by atoms with Crippen LogP contribution >= 0.6 is 11.8 Å². The minimum absolute atomic E-state index is 0.165. The number of para-hydroxylation sites is 1. The van der Waals surface area contributed by atoms with Crippen LogP contribution in [0.1, 0.15) is 11.1 Å². The van der Waals surface area contributed by atoms with Gasteiger partial charge in [-0.15, -0.1) is 11.8 Å². The number of carbonyl (C=O) groups is 3. The van der Waals surface area contributed by atoms with Crippen molar-refractivity contribution in [2.24, 2.45) is 5.73 Å². The molecule has 0 aliphatic carbocycles. The molecule has 0 spiro atoms. The van der Waals surface area contributed by atoms with Gasteiger partial charge in [0.05, 0.1) is 12.3 Å². The third kappa shape index (κ3) is 6.73. The molecule has 8 nitrogen and oxygen atoms in total. The monoisotopic (exact) mass is 501 g/mol. The molecule has 0 fully saturated rings. The number of primary amides is 1. The molecule has 36 heavy (non-hydrogen) atoms. The first-order valence-electron chi connectivity index (χ1n) is 11.5. The standard InChI is InChI=1S/C27H27N5O3S/c28-27(35)24(14-20-15-30-23-9-5-4-8-22(20)23)31-25(33)17-32(16-19-6-2-1-3-7-19)26(34)18-36-21-10-12-29-13-11-21/h1-13,15,24,30H,14,16-18H2,(H2,28,35)(H,31,33). The molecule has 4 rings (SSSR count). The zero-order valence-corrected chi connectivity index (χ0v) is 20.4. The summed E-state index contributed by atoms with van der Waals surface area (Å²) in [5.41, 5.74) is 8.33. The van der Waals surface area contributed by atoms with E-state index in [4.69, 9.17) is 5.73 Å². The molecule has 4 aromatic rings. The molecule has 9 heteroatoms. The fourth-order valence-corrected chi connectivity index (χ4v) is 4.65. The van der Waals surface area contributed by atoms with Gasteiger partial charge in [-0.3, -0.25) is 19.4 Å². The molecule has 1 unspecified atom stereocenters. The van der Waals surface area contributed by atoms with E-state index in [-0.39, 0.29) is 31.2 Å². The maximum atomic E-state index is 13.1. The number of thioether (sulfide) groups is 1. The Morgan fingerprint density at radius 2 is 1.72 bits per heavy atom. The number of amides is 3. The molecule has 3 amide bonds. The molecule has 0 bridgehead atoms. The number of hydrogen-bond acceptors (Lipinski definition) is 5. The molecule has 2 aromatic heterocycles. The summed E-state index contributed by atoms with van der Waals surface area (Å²) in [6.07, 6.45) is 5.39. The lowest BCUT2D eigenvalue weighted by Gasteiger charge is -2.24. The van der Waals surface area contributed by atoms with Crippen molar-refractivity contribution in [2.75, 3.05) is 12.3 Å². The lowest BCUT2D eigenvalue weighted by molar-refractivity contribution is -0.135. The Morgan fingerprint density at radius 3 is 2.47 bits per heavy atom. The number of aromatic nitrogens is 2. The van der Waals surface area contributed by atoms with Gasteiger partial charge in [0.15, 0.2) is 0 Å². The number of nitrogens with two attached hydrogens (primary N) is 1. The molecule has 0 saturated heterocycles. The molecule has 184 valence electrons. The number of hydrogen-bond donors (Lipinski definition) is 3. The average Bonchev–Trinajstić information content (AvgIpc) is 3.30. The van der Waals surface area contributed by atoms with Crippen molar-refractivity contribution in [1.29, 1.82) is 0 Å². The van der Waals surface area contributed by atoms with Gasteiger partial charge in [0.1, 0.15) is 6.04 Å². The predicted molar refractivity (Wildman–Crippen MR) is 140 cm³/mol. The van der Waals surface area contributed by atoms with E-state index in [0.29, 0.717) is 0 Å². The first kappa shape index (κ1) is 25.0. The van der Waals surface area contributed by atoms with Crippen LogP contribution in [0.3, 0.4) is 0 Å². The van der Waals surface area contributed by atoms with Crippen LogP contribution in [0, 0.1) is 0 Å². The molecular weight excluding hydrogens is 474 g/mol. The van der Waals surface area contributed by atoms with Crippen LogP contribution in [-0.4, -0.2) is 50.9 Å². The summed E-state index contributed by atoms with van der Waals surface area (Å²) in [5.74, 6) is -1.11. The number of aromatic amines is 1. The first-order valence-corrected chi connectivity index (χ1v) is 12.5. The topological polar surface area (TPSA) is 121 Å². The minimum Gasteiger partial charge on any atom is -0.368 e. The fraction of sp³-hybridized carbons (Fsp3) is 0.185. The van der Waals surface area contributed by atoms with E-state index in [0.717, 1.165) is 26.9 Å². The second-order valence-corrected chi connectivity index (χ2v) is 9.34. The molecule has 0 aliphatic heterocycles. The lowest BCUT2D eigenvalue weighted by atomic mass is 10.0. The fourth-order valence-electron chi connectivity index (χ4n) is 3.86. The molecular formula is C27H27N5O3S. The van der Waals surface area contributed by atoms with Gasteiger partial charge >= 0.3 is 0 Å².